The van der Waals surface area contributed by atoms with Gasteiger partial charge in [-0.05, 0) is 43.7 Å². The number of aryl methyl sites for hydroxylation is 1. The molecule has 4 aromatic heterocycles. The van der Waals surface area contributed by atoms with Crippen LogP contribution in [-0.4, -0.2) is 59.3 Å². The molecule has 0 aromatic carbocycles. The van der Waals surface area contributed by atoms with Gasteiger partial charge in [0, 0.05) is 26.0 Å². The molecule has 1 amide bonds. The van der Waals surface area contributed by atoms with E-state index in [1.54, 1.807) is 41.3 Å². The van der Waals surface area contributed by atoms with Gasteiger partial charge in [-0.15, -0.1) is 5.10 Å². The summed E-state index contributed by atoms with van der Waals surface area (Å²) in [7, 11) is 1.80. The van der Waals surface area contributed by atoms with Gasteiger partial charge in [-0.1, -0.05) is 11.3 Å². The van der Waals surface area contributed by atoms with Gasteiger partial charge in [0.2, 0.25) is 11.9 Å². The first-order valence-corrected chi connectivity index (χ1v) is 10.3. The third-order valence-electron chi connectivity index (χ3n) is 5.44. The molecular formula is C22H21N9O. The summed E-state index contributed by atoms with van der Waals surface area (Å²) in [6.07, 6.45) is 5.94. The molecule has 5 rings (SSSR count). The first-order valence-electron chi connectivity index (χ1n) is 10.3. The van der Waals surface area contributed by atoms with E-state index >= 15 is 0 Å². The van der Waals surface area contributed by atoms with Crippen LogP contribution in [0.4, 0.5) is 11.6 Å². The van der Waals surface area contributed by atoms with Crippen LogP contribution in [0.5, 0.6) is 0 Å². The van der Waals surface area contributed by atoms with Crippen molar-refractivity contribution < 1.29 is 4.79 Å². The Balaban J connectivity index is 1.40. The molecule has 1 saturated heterocycles. The van der Waals surface area contributed by atoms with Crippen LogP contribution in [0, 0.1) is 6.92 Å². The minimum absolute atomic E-state index is 0.0728. The van der Waals surface area contributed by atoms with E-state index in [0.717, 1.165) is 24.3 Å². The molecule has 160 valence electrons. The summed E-state index contributed by atoms with van der Waals surface area (Å²) >= 11 is 0. The average Bonchev–Trinajstić information content (AvgIpc) is 3.43. The second-order valence-corrected chi connectivity index (χ2v) is 7.60. The maximum Gasteiger partial charge on any atom is 0.231 e. The van der Waals surface area contributed by atoms with Gasteiger partial charge >= 0.3 is 0 Å². The highest BCUT2D eigenvalue weighted by Crippen LogP contribution is 2.26. The largest absolute Gasteiger partial charge is 0.345 e. The van der Waals surface area contributed by atoms with Gasteiger partial charge in [-0.3, -0.25) is 9.78 Å². The number of carbonyl (C=O) groups excluding carboxylic acids is 1. The molecule has 10 nitrogen and oxygen atoms in total. The number of hydrogen-bond donors (Lipinski definition) is 1. The number of anilines is 2. The molecule has 1 N–H and O–H groups in total. The third-order valence-corrected chi connectivity index (χ3v) is 5.44. The summed E-state index contributed by atoms with van der Waals surface area (Å²) in [4.78, 5) is 31.9. The number of likely N-dealkylation sites (tertiary alicyclic amines) is 1. The number of carbonyl (C=O) groups is 1. The van der Waals surface area contributed by atoms with E-state index in [9.17, 15) is 4.79 Å². The number of amides is 1. The maximum absolute atomic E-state index is 12.3. The quantitative estimate of drug-likeness (QED) is 0.517. The highest BCUT2D eigenvalue weighted by Gasteiger charge is 2.32. The summed E-state index contributed by atoms with van der Waals surface area (Å²) in [6.45, 7) is 2.65. The van der Waals surface area contributed by atoms with Crippen LogP contribution >= 0.6 is 0 Å². The van der Waals surface area contributed by atoms with Crippen molar-refractivity contribution in [3.8, 4) is 17.2 Å². The van der Waals surface area contributed by atoms with Crippen LogP contribution in [0.3, 0.4) is 0 Å². The fraction of sp³-hybridized carbons (Fsp3) is 0.227. The Hall–Kier alpha value is -4.21. The van der Waals surface area contributed by atoms with Crippen LogP contribution in [0.2, 0.25) is 0 Å². The monoisotopic (exact) mass is 427 g/mol. The van der Waals surface area contributed by atoms with Gasteiger partial charge in [0.25, 0.3) is 0 Å². The van der Waals surface area contributed by atoms with Crippen LogP contribution < -0.4 is 5.32 Å². The maximum atomic E-state index is 12.3. The summed E-state index contributed by atoms with van der Waals surface area (Å²) in [5, 5.41) is 11.6. The number of nitrogens with one attached hydrogen (secondary N) is 1. The number of likely N-dealkylation sites (N-methyl/N-ethyl adjacent to an activating group) is 1. The number of aromatic nitrogens is 7. The first kappa shape index (κ1) is 19.7. The fourth-order valence-corrected chi connectivity index (χ4v) is 3.64. The zero-order valence-electron chi connectivity index (χ0n) is 17.7. The third kappa shape index (κ3) is 3.78. The predicted octanol–water partition coefficient (Wildman–Crippen LogP) is 2.51. The summed E-state index contributed by atoms with van der Waals surface area (Å²) in [5.41, 5.74) is 3.69. The van der Waals surface area contributed by atoms with Gasteiger partial charge in [0.15, 0.2) is 5.82 Å². The Labute approximate surface area is 184 Å². The second-order valence-electron chi connectivity index (χ2n) is 7.60. The molecule has 1 atom stereocenters. The van der Waals surface area contributed by atoms with E-state index in [4.69, 9.17) is 0 Å². The first-order chi connectivity index (χ1) is 15.6. The summed E-state index contributed by atoms with van der Waals surface area (Å²) < 4.78 is 1.59. The van der Waals surface area contributed by atoms with Crippen LogP contribution in [-0.2, 0) is 4.79 Å². The van der Waals surface area contributed by atoms with Crippen LogP contribution in [0.25, 0.3) is 17.2 Å². The molecule has 0 bridgehead atoms. The van der Waals surface area contributed by atoms with Crippen molar-refractivity contribution in [3.05, 3.63) is 66.4 Å². The minimum atomic E-state index is -0.247. The number of rotatable bonds is 5. The molecule has 1 aliphatic heterocycles. The number of nitrogens with zero attached hydrogens (tertiary/aromatic N) is 8. The Morgan fingerprint density at radius 1 is 1.03 bits per heavy atom. The van der Waals surface area contributed by atoms with Gasteiger partial charge < -0.3 is 10.2 Å². The number of pyridine rings is 2. The van der Waals surface area contributed by atoms with Crippen molar-refractivity contribution in [2.45, 2.75) is 19.3 Å². The molecule has 0 radical (unpaired) electrons. The lowest BCUT2D eigenvalue weighted by molar-refractivity contribution is -0.127. The minimum Gasteiger partial charge on any atom is -0.345 e. The SMILES string of the molecule is Cc1ncccc1Nc1nccc(-c2cccc(-n3cc([C@@H]4CCN(C)C4=O)nn3)n2)n1. The Bertz CT molecular complexity index is 1290. The molecule has 1 aliphatic rings. The van der Waals surface area contributed by atoms with Crippen LogP contribution in [0.1, 0.15) is 23.7 Å². The molecule has 0 spiro atoms. The van der Waals surface area contributed by atoms with Crippen LogP contribution in [0.15, 0.2) is 55.0 Å². The standard InChI is InChI=1S/C22H21N9O/c1-14-16(6-4-10-23-14)26-22-24-11-8-18(27-22)17-5-3-7-20(25-17)31-13-19(28-29-31)15-9-12-30(2)21(15)32/h3-8,10-11,13,15H,9,12H2,1-2H3,(H,24,26,27)/t15-/m0/s1. The van der Waals surface area contributed by atoms with Gasteiger partial charge in [0.1, 0.15) is 0 Å². The molecule has 0 unspecified atom stereocenters. The van der Waals surface area contributed by atoms with E-state index in [1.807, 2.05) is 37.3 Å². The Kier molecular flexibility index (Phi) is 5.02. The van der Waals surface area contributed by atoms with E-state index in [2.05, 4.69) is 35.6 Å². The number of hydrogen-bond acceptors (Lipinski definition) is 8. The van der Waals surface area contributed by atoms with Crippen molar-refractivity contribution in [1.82, 2.24) is 39.8 Å². The van der Waals surface area contributed by atoms with E-state index < -0.39 is 0 Å². The van der Waals surface area contributed by atoms with Crippen molar-refractivity contribution in [2.24, 2.45) is 0 Å². The lowest BCUT2D eigenvalue weighted by Gasteiger charge is -2.08. The smallest absolute Gasteiger partial charge is 0.231 e. The normalized spacial score (nSPS) is 15.9. The van der Waals surface area contributed by atoms with Crippen molar-refractivity contribution in [2.75, 3.05) is 18.9 Å². The highest BCUT2D eigenvalue weighted by molar-refractivity contribution is 5.84. The van der Waals surface area contributed by atoms with E-state index in [-0.39, 0.29) is 11.8 Å². The molecule has 1 fully saturated rings. The predicted molar refractivity (Wildman–Crippen MR) is 117 cm³/mol. The zero-order chi connectivity index (χ0) is 22.1. The van der Waals surface area contributed by atoms with E-state index in [0.29, 0.717) is 28.8 Å². The fourth-order valence-electron chi connectivity index (χ4n) is 3.64. The van der Waals surface area contributed by atoms with Gasteiger partial charge in [-0.25, -0.2) is 19.6 Å². The Morgan fingerprint density at radius 2 is 1.91 bits per heavy atom. The van der Waals surface area contributed by atoms with Crippen molar-refractivity contribution >= 4 is 17.5 Å². The zero-order valence-corrected chi connectivity index (χ0v) is 17.7. The molecule has 0 aliphatic carbocycles. The molecule has 10 heteroatoms. The average molecular weight is 427 g/mol. The lowest BCUT2D eigenvalue weighted by Crippen LogP contribution is -2.21. The van der Waals surface area contributed by atoms with Gasteiger partial charge in [0.05, 0.1) is 40.6 Å². The van der Waals surface area contributed by atoms with Crippen molar-refractivity contribution in [1.29, 1.82) is 0 Å². The Morgan fingerprint density at radius 3 is 2.72 bits per heavy atom. The van der Waals surface area contributed by atoms with Gasteiger partial charge in [-0.2, -0.15) is 0 Å². The molecule has 4 aromatic rings. The molecular weight excluding hydrogens is 406 g/mol. The summed E-state index contributed by atoms with van der Waals surface area (Å²) in [5.74, 6) is 0.876. The molecule has 5 heterocycles. The molecule has 32 heavy (non-hydrogen) atoms. The lowest BCUT2D eigenvalue weighted by atomic mass is 10.1. The second kappa shape index (κ2) is 8.14. The highest BCUT2D eigenvalue weighted by atomic mass is 16.2. The van der Waals surface area contributed by atoms with E-state index in [1.165, 1.54) is 0 Å². The molecule has 0 saturated carbocycles. The summed E-state index contributed by atoms with van der Waals surface area (Å²) in [6, 6.07) is 11.2. The topological polar surface area (TPSA) is 115 Å². The van der Waals surface area contributed by atoms with Crippen molar-refractivity contribution in [3.63, 3.8) is 0 Å².